The van der Waals surface area contributed by atoms with Gasteiger partial charge in [0, 0.05) is 37.1 Å². The lowest BCUT2D eigenvalue weighted by molar-refractivity contribution is -0.120. The second kappa shape index (κ2) is 7.82. The van der Waals surface area contributed by atoms with Crippen LogP contribution >= 0.6 is 11.8 Å². The first-order valence-corrected chi connectivity index (χ1v) is 8.59. The van der Waals surface area contributed by atoms with Crippen molar-refractivity contribution in [2.75, 3.05) is 46.5 Å². The lowest BCUT2D eigenvalue weighted by Crippen LogP contribution is -2.54. The molecule has 0 spiro atoms. The van der Waals surface area contributed by atoms with Crippen LogP contribution in [0.5, 0.6) is 0 Å². The third-order valence-corrected chi connectivity index (χ3v) is 4.78. The Hall–Kier alpha value is -1.04. The minimum absolute atomic E-state index is 0.105. The molecule has 1 heterocycles. The fourth-order valence-corrected chi connectivity index (χ4v) is 2.95. The number of piperazine rings is 1. The molecule has 21 heavy (non-hydrogen) atoms. The average molecular weight is 307 g/mol. The Kier molecular flexibility index (Phi) is 6.08. The van der Waals surface area contributed by atoms with Crippen LogP contribution in [0.15, 0.2) is 29.2 Å². The van der Waals surface area contributed by atoms with Crippen molar-refractivity contribution < 1.29 is 4.79 Å². The van der Waals surface area contributed by atoms with Gasteiger partial charge in [-0.1, -0.05) is 12.1 Å². The van der Waals surface area contributed by atoms with E-state index in [4.69, 9.17) is 0 Å². The maximum atomic E-state index is 12.0. The van der Waals surface area contributed by atoms with E-state index in [1.165, 1.54) is 4.90 Å². The van der Waals surface area contributed by atoms with Crippen LogP contribution in [-0.2, 0) is 11.2 Å². The number of nitrogens with one attached hydrogen (secondary N) is 1. The van der Waals surface area contributed by atoms with E-state index in [-0.39, 0.29) is 5.91 Å². The average Bonchev–Trinajstić information content (AvgIpc) is 2.49. The molecule has 1 aliphatic rings. The SMILES string of the molecule is CSc1ccc(CC(=O)NCC2CN(C)CCN2C)cc1. The number of carbonyl (C=O) groups is 1. The van der Waals surface area contributed by atoms with E-state index in [0.717, 1.165) is 31.7 Å². The summed E-state index contributed by atoms with van der Waals surface area (Å²) in [6.45, 7) is 3.90. The van der Waals surface area contributed by atoms with E-state index < -0.39 is 0 Å². The van der Waals surface area contributed by atoms with Gasteiger partial charge in [0.2, 0.25) is 5.91 Å². The summed E-state index contributed by atoms with van der Waals surface area (Å²) in [5, 5.41) is 3.07. The predicted molar refractivity (Wildman–Crippen MR) is 88.9 cm³/mol. The molecule has 4 nitrogen and oxygen atoms in total. The van der Waals surface area contributed by atoms with Gasteiger partial charge in [-0.2, -0.15) is 0 Å². The largest absolute Gasteiger partial charge is 0.354 e. The molecule has 1 saturated heterocycles. The van der Waals surface area contributed by atoms with Crippen LogP contribution in [0.3, 0.4) is 0 Å². The normalized spacial score (nSPS) is 20.4. The van der Waals surface area contributed by atoms with Gasteiger partial charge in [0.15, 0.2) is 0 Å². The molecule has 0 saturated carbocycles. The van der Waals surface area contributed by atoms with Crippen molar-refractivity contribution >= 4 is 17.7 Å². The Morgan fingerprint density at radius 1 is 1.29 bits per heavy atom. The van der Waals surface area contributed by atoms with Crippen LogP contribution in [0, 0.1) is 0 Å². The monoisotopic (exact) mass is 307 g/mol. The van der Waals surface area contributed by atoms with Crippen molar-refractivity contribution in [1.82, 2.24) is 15.1 Å². The maximum Gasteiger partial charge on any atom is 0.224 e. The van der Waals surface area contributed by atoms with Gasteiger partial charge in [-0.25, -0.2) is 0 Å². The third-order valence-electron chi connectivity index (χ3n) is 4.04. The van der Waals surface area contributed by atoms with E-state index in [0.29, 0.717) is 12.5 Å². The summed E-state index contributed by atoms with van der Waals surface area (Å²) >= 11 is 1.72. The molecule has 1 fully saturated rings. The van der Waals surface area contributed by atoms with Crippen molar-refractivity contribution in [2.45, 2.75) is 17.4 Å². The summed E-state index contributed by atoms with van der Waals surface area (Å²) in [5.41, 5.74) is 1.07. The zero-order valence-electron chi connectivity index (χ0n) is 13.1. The lowest BCUT2D eigenvalue weighted by atomic mass is 10.1. The van der Waals surface area contributed by atoms with Crippen molar-refractivity contribution in [2.24, 2.45) is 0 Å². The second-order valence-corrected chi connectivity index (χ2v) is 6.61. The van der Waals surface area contributed by atoms with Crippen molar-refractivity contribution in [3.63, 3.8) is 0 Å². The molecule has 1 aliphatic heterocycles. The highest BCUT2D eigenvalue weighted by molar-refractivity contribution is 7.98. The number of rotatable bonds is 5. The zero-order valence-corrected chi connectivity index (χ0v) is 13.9. The van der Waals surface area contributed by atoms with Crippen LogP contribution in [0.2, 0.25) is 0 Å². The number of carbonyl (C=O) groups excluding carboxylic acids is 1. The number of likely N-dealkylation sites (N-methyl/N-ethyl adjacent to an activating group) is 2. The lowest BCUT2D eigenvalue weighted by Gasteiger charge is -2.37. The van der Waals surface area contributed by atoms with Gasteiger partial charge in [-0.15, -0.1) is 11.8 Å². The second-order valence-electron chi connectivity index (χ2n) is 5.73. The van der Waals surface area contributed by atoms with Gasteiger partial charge in [0.1, 0.15) is 0 Å². The van der Waals surface area contributed by atoms with Crippen molar-refractivity contribution in [3.05, 3.63) is 29.8 Å². The number of hydrogen-bond donors (Lipinski definition) is 1. The molecule has 0 bridgehead atoms. The smallest absolute Gasteiger partial charge is 0.224 e. The van der Waals surface area contributed by atoms with Gasteiger partial charge in [-0.3, -0.25) is 9.69 Å². The molecule has 1 N–H and O–H groups in total. The molecule has 0 aromatic heterocycles. The molecule has 116 valence electrons. The molecule has 1 aromatic rings. The minimum atomic E-state index is 0.105. The third kappa shape index (κ3) is 5.02. The first-order valence-electron chi connectivity index (χ1n) is 7.37. The van der Waals surface area contributed by atoms with E-state index in [9.17, 15) is 4.79 Å². The molecular weight excluding hydrogens is 282 g/mol. The quantitative estimate of drug-likeness (QED) is 0.832. The summed E-state index contributed by atoms with van der Waals surface area (Å²) in [4.78, 5) is 17.9. The highest BCUT2D eigenvalue weighted by Gasteiger charge is 2.22. The van der Waals surface area contributed by atoms with Gasteiger partial charge in [-0.05, 0) is 38.0 Å². The van der Waals surface area contributed by atoms with E-state index in [1.807, 2.05) is 12.1 Å². The van der Waals surface area contributed by atoms with Gasteiger partial charge in [0.05, 0.1) is 6.42 Å². The Labute approximate surface area is 131 Å². The molecular formula is C16H25N3OS. The summed E-state index contributed by atoms with van der Waals surface area (Å²) in [7, 11) is 4.26. The summed E-state index contributed by atoms with van der Waals surface area (Å²) < 4.78 is 0. The fourth-order valence-electron chi connectivity index (χ4n) is 2.54. The summed E-state index contributed by atoms with van der Waals surface area (Å²) in [6, 6.07) is 8.61. The predicted octanol–water partition coefficient (Wildman–Crippen LogP) is 1.31. The molecule has 0 aliphatic carbocycles. The maximum absolute atomic E-state index is 12.0. The fraction of sp³-hybridized carbons (Fsp3) is 0.562. The molecule has 1 unspecified atom stereocenters. The van der Waals surface area contributed by atoms with Gasteiger partial charge >= 0.3 is 0 Å². The van der Waals surface area contributed by atoms with Crippen molar-refractivity contribution in [3.8, 4) is 0 Å². The van der Waals surface area contributed by atoms with Gasteiger partial charge in [0.25, 0.3) is 0 Å². The van der Waals surface area contributed by atoms with Crippen LogP contribution in [0.1, 0.15) is 5.56 Å². The Bertz CT molecular complexity index is 463. The topological polar surface area (TPSA) is 35.6 Å². The number of thioether (sulfide) groups is 1. The number of hydrogen-bond acceptors (Lipinski definition) is 4. The minimum Gasteiger partial charge on any atom is -0.354 e. The number of nitrogens with zero attached hydrogens (tertiary/aromatic N) is 2. The van der Waals surface area contributed by atoms with Gasteiger partial charge < -0.3 is 10.2 Å². The van der Waals surface area contributed by atoms with E-state index in [2.05, 4.69) is 47.6 Å². The van der Waals surface area contributed by atoms with Crippen molar-refractivity contribution in [1.29, 1.82) is 0 Å². The molecule has 2 rings (SSSR count). The Morgan fingerprint density at radius 2 is 2.00 bits per heavy atom. The number of benzene rings is 1. The number of amides is 1. The van der Waals surface area contributed by atoms with Crippen LogP contribution in [0.4, 0.5) is 0 Å². The Morgan fingerprint density at radius 3 is 2.67 bits per heavy atom. The first kappa shape index (κ1) is 16.3. The highest BCUT2D eigenvalue weighted by atomic mass is 32.2. The van der Waals surface area contributed by atoms with E-state index >= 15 is 0 Å². The van der Waals surface area contributed by atoms with Crippen LogP contribution in [-0.4, -0.2) is 68.3 Å². The van der Waals surface area contributed by atoms with E-state index in [1.54, 1.807) is 11.8 Å². The zero-order chi connectivity index (χ0) is 15.2. The van der Waals surface area contributed by atoms with Crippen LogP contribution in [0.25, 0.3) is 0 Å². The summed E-state index contributed by atoms with van der Waals surface area (Å²) in [5.74, 6) is 0.105. The van der Waals surface area contributed by atoms with Crippen LogP contribution < -0.4 is 5.32 Å². The molecule has 5 heteroatoms. The molecule has 1 amide bonds. The highest BCUT2D eigenvalue weighted by Crippen LogP contribution is 2.15. The first-order chi connectivity index (χ1) is 10.1. The molecule has 0 radical (unpaired) electrons. The molecule has 1 atom stereocenters. The standard InChI is InChI=1S/C16H25N3OS/c1-18-8-9-19(2)14(12-18)11-17-16(20)10-13-4-6-15(21-3)7-5-13/h4-7,14H,8-12H2,1-3H3,(H,17,20). The summed E-state index contributed by atoms with van der Waals surface area (Å²) in [6.07, 6.45) is 2.51. The molecule has 1 aromatic carbocycles. The Balaban J connectivity index is 1.78.